The minimum atomic E-state index is -0.649. The summed E-state index contributed by atoms with van der Waals surface area (Å²) in [5.74, 6) is 0.670. The van der Waals surface area contributed by atoms with Crippen LogP contribution < -0.4 is 4.74 Å². The Labute approximate surface area is 158 Å². The summed E-state index contributed by atoms with van der Waals surface area (Å²) in [5.41, 5.74) is 0.495. The monoisotopic (exact) mass is 413 g/mol. The number of ether oxygens (including phenoxy) is 2. The van der Waals surface area contributed by atoms with Crippen LogP contribution in [0, 0.1) is 6.92 Å². The van der Waals surface area contributed by atoms with Crippen molar-refractivity contribution in [3.63, 3.8) is 0 Å². The molecule has 140 valence electrons. The molecule has 1 saturated heterocycles. The molecule has 25 heavy (non-hydrogen) atoms. The molecule has 0 unspecified atom stereocenters. The predicted molar refractivity (Wildman–Crippen MR) is 101 cm³/mol. The van der Waals surface area contributed by atoms with E-state index in [4.69, 9.17) is 9.47 Å². The maximum absolute atomic E-state index is 11.5. The third kappa shape index (κ3) is 6.60. The average molecular weight is 414 g/mol. The summed E-state index contributed by atoms with van der Waals surface area (Å²) in [6.45, 7) is 6.61. The van der Waals surface area contributed by atoms with Crippen molar-refractivity contribution in [1.29, 1.82) is 0 Å². The molecule has 0 radical (unpaired) electrons. The number of halogens is 1. The number of aryl methyl sites for hydroxylation is 1. The number of piperidine rings is 1. The van der Waals surface area contributed by atoms with Crippen LogP contribution in [0.4, 0.5) is 0 Å². The molecule has 0 spiro atoms. The number of nitrogens with zero attached hydrogens (tertiary/aromatic N) is 1. The van der Waals surface area contributed by atoms with E-state index in [0.29, 0.717) is 32.6 Å². The Bertz CT molecular complexity index is 571. The summed E-state index contributed by atoms with van der Waals surface area (Å²) in [6, 6.07) is 5.93. The second-order valence-electron chi connectivity index (χ2n) is 6.67. The van der Waals surface area contributed by atoms with Crippen LogP contribution in [0.3, 0.4) is 0 Å². The Balaban J connectivity index is 1.67. The molecule has 1 N–H and O–H groups in total. The maximum atomic E-state index is 11.5. The van der Waals surface area contributed by atoms with Crippen LogP contribution in [0.25, 0.3) is 0 Å². The molecule has 6 heteroatoms. The molecule has 1 aromatic carbocycles. The van der Waals surface area contributed by atoms with E-state index in [1.54, 1.807) is 0 Å². The fourth-order valence-corrected chi connectivity index (χ4v) is 3.31. The number of carbonyl (C=O) groups excluding carboxylic acids is 1. The second kappa shape index (κ2) is 9.55. The van der Waals surface area contributed by atoms with Gasteiger partial charge in [-0.1, -0.05) is 15.9 Å². The van der Waals surface area contributed by atoms with E-state index >= 15 is 0 Å². The molecule has 1 aliphatic heterocycles. The van der Waals surface area contributed by atoms with Crippen LogP contribution in [0.15, 0.2) is 22.7 Å². The molecule has 1 aliphatic rings. The number of hydrogen-bond donors (Lipinski definition) is 1. The SMILES string of the molecule is CCOC(=O)CN1CCC(O)(CCCOc2ccc(Br)c(C)c2)CC1. The van der Waals surface area contributed by atoms with Crippen molar-refractivity contribution in [2.75, 3.05) is 32.8 Å². The van der Waals surface area contributed by atoms with Crippen LogP contribution in [-0.2, 0) is 9.53 Å². The van der Waals surface area contributed by atoms with Gasteiger partial charge >= 0.3 is 5.97 Å². The van der Waals surface area contributed by atoms with Crippen LogP contribution in [0.1, 0.15) is 38.2 Å². The second-order valence-corrected chi connectivity index (χ2v) is 7.52. The zero-order valence-corrected chi connectivity index (χ0v) is 16.7. The number of esters is 1. The first-order valence-corrected chi connectivity index (χ1v) is 9.70. The Morgan fingerprint density at radius 2 is 2.08 bits per heavy atom. The van der Waals surface area contributed by atoms with Gasteiger partial charge < -0.3 is 14.6 Å². The minimum absolute atomic E-state index is 0.189. The highest BCUT2D eigenvalue weighted by molar-refractivity contribution is 9.10. The highest BCUT2D eigenvalue weighted by Crippen LogP contribution is 2.27. The molecule has 0 amide bonds. The normalized spacial score (nSPS) is 17.3. The van der Waals surface area contributed by atoms with E-state index < -0.39 is 5.60 Å². The van der Waals surface area contributed by atoms with E-state index in [-0.39, 0.29) is 5.97 Å². The van der Waals surface area contributed by atoms with E-state index in [2.05, 4.69) is 15.9 Å². The Morgan fingerprint density at radius 3 is 2.72 bits per heavy atom. The molecule has 0 bridgehead atoms. The summed E-state index contributed by atoms with van der Waals surface area (Å²) < 4.78 is 11.8. The first kappa shape index (κ1) is 20.2. The molecule has 1 heterocycles. The van der Waals surface area contributed by atoms with Crippen molar-refractivity contribution in [2.24, 2.45) is 0 Å². The van der Waals surface area contributed by atoms with Crippen LogP contribution >= 0.6 is 15.9 Å². The summed E-state index contributed by atoms with van der Waals surface area (Å²) in [4.78, 5) is 13.6. The summed E-state index contributed by atoms with van der Waals surface area (Å²) in [7, 11) is 0. The van der Waals surface area contributed by atoms with Crippen LogP contribution in [-0.4, -0.2) is 54.4 Å². The van der Waals surface area contributed by atoms with Gasteiger partial charge in [0.2, 0.25) is 0 Å². The van der Waals surface area contributed by atoms with Gasteiger partial charge in [-0.2, -0.15) is 0 Å². The first-order valence-electron chi connectivity index (χ1n) is 8.91. The lowest BCUT2D eigenvalue weighted by Crippen LogP contribution is -2.46. The van der Waals surface area contributed by atoms with Crippen molar-refractivity contribution in [2.45, 2.75) is 45.1 Å². The van der Waals surface area contributed by atoms with E-state index in [9.17, 15) is 9.90 Å². The molecular weight excluding hydrogens is 386 g/mol. The minimum Gasteiger partial charge on any atom is -0.494 e. The molecule has 2 rings (SSSR count). The van der Waals surface area contributed by atoms with Gasteiger partial charge in [0, 0.05) is 17.6 Å². The lowest BCUT2D eigenvalue weighted by atomic mass is 9.87. The van der Waals surface area contributed by atoms with E-state index in [1.165, 1.54) is 0 Å². The number of carbonyl (C=O) groups is 1. The predicted octanol–water partition coefficient (Wildman–Crippen LogP) is 3.31. The average Bonchev–Trinajstić information content (AvgIpc) is 2.57. The van der Waals surface area contributed by atoms with Crippen molar-refractivity contribution in [3.05, 3.63) is 28.2 Å². The topological polar surface area (TPSA) is 59.0 Å². The smallest absolute Gasteiger partial charge is 0.320 e. The molecule has 0 aromatic heterocycles. The lowest BCUT2D eigenvalue weighted by molar-refractivity contribution is -0.145. The highest BCUT2D eigenvalue weighted by atomic mass is 79.9. The zero-order valence-electron chi connectivity index (χ0n) is 15.1. The maximum Gasteiger partial charge on any atom is 0.320 e. The highest BCUT2D eigenvalue weighted by Gasteiger charge is 2.32. The Hall–Kier alpha value is -1.11. The number of aliphatic hydroxyl groups is 1. The van der Waals surface area contributed by atoms with Gasteiger partial charge in [-0.3, -0.25) is 9.69 Å². The van der Waals surface area contributed by atoms with Gasteiger partial charge in [0.15, 0.2) is 0 Å². The van der Waals surface area contributed by atoms with Crippen molar-refractivity contribution in [1.82, 2.24) is 4.90 Å². The Kier molecular flexibility index (Phi) is 7.72. The third-order valence-corrected chi connectivity index (χ3v) is 5.52. The number of rotatable bonds is 8. The zero-order chi connectivity index (χ0) is 18.3. The van der Waals surface area contributed by atoms with E-state index in [0.717, 1.165) is 41.7 Å². The van der Waals surface area contributed by atoms with Gasteiger partial charge in [0.05, 0.1) is 25.4 Å². The van der Waals surface area contributed by atoms with Gasteiger partial charge in [0.25, 0.3) is 0 Å². The summed E-state index contributed by atoms with van der Waals surface area (Å²) >= 11 is 3.48. The van der Waals surface area contributed by atoms with Gasteiger partial charge in [-0.15, -0.1) is 0 Å². The molecular formula is C19H28BrNO4. The molecule has 5 nitrogen and oxygen atoms in total. The number of likely N-dealkylation sites (tertiary alicyclic amines) is 1. The standard InChI is InChI=1S/C19H28BrNO4/c1-3-24-18(22)14-21-10-8-19(23,9-11-21)7-4-12-25-16-5-6-17(20)15(2)13-16/h5-6,13,23H,3-4,7-12,14H2,1-2H3. The molecule has 0 saturated carbocycles. The molecule has 1 aromatic rings. The van der Waals surface area contributed by atoms with Crippen LogP contribution in [0.2, 0.25) is 0 Å². The first-order chi connectivity index (χ1) is 11.9. The van der Waals surface area contributed by atoms with Crippen LogP contribution in [0.5, 0.6) is 5.75 Å². The summed E-state index contributed by atoms with van der Waals surface area (Å²) in [6.07, 6.45) is 2.90. The van der Waals surface area contributed by atoms with Crippen molar-refractivity contribution < 1.29 is 19.4 Å². The molecule has 0 aliphatic carbocycles. The molecule has 0 atom stereocenters. The largest absolute Gasteiger partial charge is 0.494 e. The van der Waals surface area contributed by atoms with Gasteiger partial charge in [-0.25, -0.2) is 0 Å². The van der Waals surface area contributed by atoms with Gasteiger partial charge in [-0.05, 0) is 63.3 Å². The number of hydrogen-bond acceptors (Lipinski definition) is 5. The number of benzene rings is 1. The fourth-order valence-electron chi connectivity index (χ4n) is 3.06. The van der Waals surface area contributed by atoms with E-state index in [1.807, 2.05) is 36.9 Å². The summed E-state index contributed by atoms with van der Waals surface area (Å²) in [5, 5.41) is 10.7. The van der Waals surface area contributed by atoms with Gasteiger partial charge in [0.1, 0.15) is 5.75 Å². The Morgan fingerprint density at radius 1 is 1.36 bits per heavy atom. The third-order valence-electron chi connectivity index (χ3n) is 4.63. The van der Waals surface area contributed by atoms with Crippen molar-refractivity contribution in [3.8, 4) is 5.75 Å². The fraction of sp³-hybridized carbons (Fsp3) is 0.632. The quantitative estimate of drug-likeness (QED) is 0.523. The lowest BCUT2D eigenvalue weighted by Gasteiger charge is -2.37. The molecule has 1 fully saturated rings. The van der Waals surface area contributed by atoms with Crippen molar-refractivity contribution >= 4 is 21.9 Å².